The predicted octanol–water partition coefficient (Wildman–Crippen LogP) is 9.09. The van der Waals surface area contributed by atoms with Gasteiger partial charge in [-0.25, -0.2) is 27.5 Å². The molecule has 3 aromatic heterocycles. The minimum absolute atomic E-state index is 0.00151. The summed E-state index contributed by atoms with van der Waals surface area (Å²) in [6.07, 6.45) is 9.28. The highest BCUT2D eigenvalue weighted by atomic mass is 32.2. The monoisotopic (exact) mass is 950 g/mol. The van der Waals surface area contributed by atoms with Crippen molar-refractivity contribution >= 4 is 44.4 Å². The molecule has 9 rings (SSSR count). The molecule has 1 atom stereocenters. The number of anilines is 3. The third kappa shape index (κ3) is 9.58. The summed E-state index contributed by atoms with van der Waals surface area (Å²) in [5.74, 6) is 2.69. The van der Waals surface area contributed by atoms with Gasteiger partial charge in [0.2, 0.25) is 0 Å². The van der Waals surface area contributed by atoms with E-state index < -0.39 is 15.6 Å². The van der Waals surface area contributed by atoms with Gasteiger partial charge in [0.05, 0.1) is 46.1 Å². The molecule has 1 amide bonds. The lowest BCUT2D eigenvalue weighted by atomic mass is 9.91. The second kappa shape index (κ2) is 19.2. The summed E-state index contributed by atoms with van der Waals surface area (Å²) >= 11 is 0. The first-order chi connectivity index (χ1) is 32.8. The maximum atomic E-state index is 15.5. The Morgan fingerprint density at radius 3 is 2.13 bits per heavy atom. The van der Waals surface area contributed by atoms with Crippen molar-refractivity contribution in [2.75, 3.05) is 57.3 Å². The number of nitrogens with zero attached hydrogens (tertiary/aromatic N) is 7. The molecular formula is C49H58N8O10S. The SMILES string of the molecule is COc1ccc(CN(c2noc3cc(N(c4cc(C5CC5)[nH]n4)C4CCCCO4)c(OC)cc23)S(=O)(=O)c2c(OC)cc(-c3ncc(C4CCN(C(=O)OC(C)(C)C)CC4)cn3)cc2OC)cc1. The number of benzene rings is 3. The summed E-state index contributed by atoms with van der Waals surface area (Å²) in [5, 5.41) is 12.8. The normalized spacial score (nSPS) is 16.9. The van der Waals surface area contributed by atoms with Crippen LogP contribution in [0.15, 0.2) is 76.4 Å². The number of rotatable bonds is 15. The third-order valence-electron chi connectivity index (χ3n) is 12.6. The van der Waals surface area contributed by atoms with Crippen molar-refractivity contribution in [2.45, 2.75) is 101 Å². The van der Waals surface area contributed by atoms with E-state index in [1.807, 2.05) is 25.7 Å². The molecule has 1 saturated carbocycles. The minimum Gasteiger partial charge on any atom is -0.497 e. The Kier molecular flexibility index (Phi) is 13.1. The number of piperidine rings is 1. The summed E-state index contributed by atoms with van der Waals surface area (Å²) in [7, 11) is 1.32. The molecule has 5 heterocycles. The van der Waals surface area contributed by atoms with Gasteiger partial charge in [0.1, 0.15) is 34.8 Å². The number of hydrogen-bond acceptors (Lipinski definition) is 15. The van der Waals surface area contributed by atoms with E-state index in [-0.39, 0.29) is 47.0 Å². The Hall–Kier alpha value is -6.60. The van der Waals surface area contributed by atoms with Gasteiger partial charge in [-0.05, 0) is 113 Å². The third-order valence-corrected chi connectivity index (χ3v) is 14.4. The number of hydrogen-bond donors (Lipinski definition) is 1. The van der Waals surface area contributed by atoms with Crippen LogP contribution in [0.2, 0.25) is 0 Å². The fraction of sp³-hybridized carbons (Fsp3) is 0.449. The smallest absolute Gasteiger partial charge is 0.410 e. The van der Waals surface area contributed by atoms with Crippen LogP contribution >= 0.6 is 0 Å². The van der Waals surface area contributed by atoms with Crippen LogP contribution in [0.1, 0.15) is 94.4 Å². The van der Waals surface area contributed by atoms with E-state index in [0.29, 0.717) is 76.5 Å². The van der Waals surface area contributed by atoms with E-state index in [9.17, 15) is 4.79 Å². The van der Waals surface area contributed by atoms with Gasteiger partial charge in [-0.1, -0.05) is 17.3 Å². The molecule has 1 unspecified atom stereocenters. The number of nitrogens with one attached hydrogen (secondary N) is 1. The van der Waals surface area contributed by atoms with Crippen LogP contribution in [0.4, 0.5) is 22.1 Å². The Morgan fingerprint density at radius 2 is 1.53 bits per heavy atom. The average Bonchev–Trinajstić information content (AvgIpc) is 3.96. The van der Waals surface area contributed by atoms with Gasteiger partial charge in [-0.3, -0.25) is 10.00 Å². The van der Waals surface area contributed by atoms with Gasteiger partial charge in [0, 0.05) is 61.4 Å². The number of likely N-dealkylation sites (tertiary alicyclic amines) is 1. The molecule has 3 aromatic carbocycles. The van der Waals surface area contributed by atoms with Gasteiger partial charge in [0.15, 0.2) is 27.9 Å². The Bertz CT molecular complexity index is 2820. The zero-order chi connectivity index (χ0) is 47.7. The van der Waals surface area contributed by atoms with E-state index in [0.717, 1.165) is 56.2 Å². The highest BCUT2D eigenvalue weighted by Crippen LogP contribution is 2.47. The van der Waals surface area contributed by atoms with Crippen LogP contribution in [0.3, 0.4) is 0 Å². The first kappa shape index (κ1) is 46.5. The first-order valence-corrected chi connectivity index (χ1v) is 24.4. The summed E-state index contributed by atoms with van der Waals surface area (Å²) in [4.78, 5) is 25.6. The minimum atomic E-state index is -4.60. The van der Waals surface area contributed by atoms with Gasteiger partial charge >= 0.3 is 6.09 Å². The average molecular weight is 951 g/mol. The van der Waals surface area contributed by atoms with E-state index in [1.165, 1.54) is 18.5 Å². The Balaban J connectivity index is 1.07. The number of amides is 1. The molecule has 0 spiro atoms. The van der Waals surface area contributed by atoms with Crippen LogP contribution in [0.25, 0.3) is 22.4 Å². The van der Waals surface area contributed by atoms with Crippen LogP contribution in [-0.4, -0.2) is 105 Å². The maximum absolute atomic E-state index is 15.5. The quantitative estimate of drug-likeness (QED) is 0.102. The Morgan fingerprint density at radius 1 is 0.838 bits per heavy atom. The molecule has 68 heavy (non-hydrogen) atoms. The van der Waals surface area contributed by atoms with Crippen molar-refractivity contribution < 1.29 is 46.2 Å². The molecule has 6 aromatic rings. The zero-order valence-corrected chi connectivity index (χ0v) is 40.3. The molecule has 1 aliphatic carbocycles. The van der Waals surface area contributed by atoms with Crippen molar-refractivity contribution in [3.8, 4) is 34.4 Å². The number of carbonyl (C=O) groups is 1. The Labute approximate surface area is 395 Å². The molecule has 2 aliphatic heterocycles. The van der Waals surface area contributed by atoms with E-state index >= 15 is 8.42 Å². The molecular weight excluding hydrogens is 893 g/mol. The lowest BCUT2D eigenvalue weighted by Crippen LogP contribution is -2.41. The predicted molar refractivity (Wildman–Crippen MR) is 254 cm³/mol. The van der Waals surface area contributed by atoms with Crippen molar-refractivity contribution in [1.29, 1.82) is 0 Å². The van der Waals surface area contributed by atoms with Crippen molar-refractivity contribution in [3.63, 3.8) is 0 Å². The topological polar surface area (TPSA) is 197 Å². The van der Waals surface area contributed by atoms with Crippen LogP contribution in [0, 0.1) is 0 Å². The number of aromatic amines is 1. The molecule has 3 fully saturated rings. The lowest BCUT2D eigenvalue weighted by Gasteiger charge is -2.34. The second-order valence-corrected chi connectivity index (χ2v) is 20.1. The molecule has 0 radical (unpaired) electrons. The van der Waals surface area contributed by atoms with Gasteiger partial charge in [-0.15, -0.1) is 0 Å². The molecule has 19 heteroatoms. The fourth-order valence-corrected chi connectivity index (χ4v) is 10.5. The van der Waals surface area contributed by atoms with Gasteiger partial charge in [0.25, 0.3) is 10.0 Å². The molecule has 18 nitrogen and oxygen atoms in total. The number of ether oxygens (including phenoxy) is 6. The summed E-state index contributed by atoms with van der Waals surface area (Å²) < 4.78 is 73.3. The largest absolute Gasteiger partial charge is 0.497 e. The molecule has 0 bridgehead atoms. The van der Waals surface area contributed by atoms with Gasteiger partial charge < -0.3 is 37.8 Å². The van der Waals surface area contributed by atoms with Crippen molar-refractivity contribution in [1.82, 2.24) is 30.2 Å². The van der Waals surface area contributed by atoms with Crippen molar-refractivity contribution in [2.24, 2.45) is 0 Å². The number of H-pyrrole nitrogens is 1. The van der Waals surface area contributed by atoms with Crippen LogP contribution in [-0.2, 0) is 26.0 Å². The molecule has 360 valence electrons. The number of carbonyl (C=O) groups excluding carboxylic acids is 1. The fourth-order valence-electron chi connectivity index (χ4n) is 8.84. The second-order valence-electron chi connectivity index (χ2n) is 18.3. The summed E-state index contributed by atoms with van der Waals surface area (Å²) in [6, 6.07) is 15.8. The van der Waals surface area contributed by atoms with E-state index in [2.05, 4.69) is 16.3 Å². The summed E-state index contributed by atoms with van der Waals surface area (Å²) in [6.45, 7) is 7.12. The summed E-state index contributed by atoms with van der Waals surface area (Å²) in [5.41, 5.74) is 3.49. The first-order valence-electron chi connectivity index (χ1n) is 22.9. The highest BCUT2D eigenvalue weighted by molar-refractivity contribution is 7.93. The van der Waals surface area contributed by atoms with E-state index in [4.69, 9.17) is 48.0 Å². The molecule has 2 saturated heterocycles. The van der Waals surface area contributed by atoms with E-state index in [1.54, 1.807) is 80.0 Å². The zero-order valence-electron chi connectivity index (χ0n) is 39.5. The molecule has 1 N–H and O–H groups in total. The number of methoxy groups -OCH3 is 4. The molecule has 3 aliphatic rings. The standard InChI is InChI=1S/C49H58N8O10S/c1-49(2,3)66-48(58)55-19-17-31(18-20-55)34-27-50-46(51-28-34)33-22-41(63-6)45(42(23-33)64-7)68(59,60)56(29-30-11-15-35(61-4)16-12-30)47-36-24-40(62-5)38(26-39(36)67-54-47)57(44-10-8-9-21-65-44)43-25-37(52-53-43)32-13-14-32/h11-12,15-16,22-28,31-32,44H,8-10,13-14,17-21,29H2,1-7H3,(H,52,53). The number of sulfonamides is 1. The number of aromatic nitrogens is 5. The lowest BCUT2D eigenvalue weighted by molar-refractivity contribution is 0.0199. The van der Waals surface area contributed by atoms with Crippen LogP contribution < -0.4 is 28.2 Å². The maximum Gasteiger partial charge on any atom is 0.410 e. The van der Waals surface area contributed by atoms with Crippen molar-refractivity contribution in [3.05, 3.63) is 83.8 Å². The van der Waals surface area contributed by atoms with Gasteiger partial charge in [-0.2, -0.15) is 5.10 Å². The van der Waals surface area contributed by atoms with Crippen LogP contribution in [0.5, 0.6) is 23.0 Å². The number of fused-ring (bicyclic) bond motifs is 1. The highest BCUT2D eigenvalue weighted by Gasteiger charge is 2.38.